The van der Waals surface area contributed by atoms with Crippen molar-refractivity contribution in [3.8, 4) is 11.1 Å². The number of carbonyl (C=O) groups is 2. The highest BCUT2D eigenvalue weighted by Crippen LogP contribution is 2.44. The van der Waals surface area contributed by atoms with Gasteiger partial charge in [-0.3, -0.25) is 0 Å². The lowest BCUT2D eigenvalue weighted by Crippen LogP contribution is -2.46. The number of carboxylic acids is 1. The van der Waals surface area contributed by atoms with Crippen molar-refractivity contribution in [1.29, 1.82) is 0 Å². The molecular weight excluding hydrogens is 495 g/mol. The number of rotatable bonds is 10. The maximum Gasteiger partial charge on any atom is 0.417 e. The van der Waals surface area contributed by atoms with Gasteiger partial charge in [-0.15, -0.1) is 0 Å². The fraction of sp³-hybridized carbons (Fsp3) is 0.462. The Morgan fingerprint density at radius 1 is 1.03 bits per heavy atom. The van der Waals surface area contributed by atoms with E-state index in [0.29, 0.717) is 19.4 Å². The molecule has 200 valence electrons. The number of amides is 1. The Hall–Kier alpha value is -3.15. The quantitative estimate of drug-likeness (QED) is 0.474. The first kappa shape index (κ1) is 26.9. The summed E-state index contributed by atoms with van der Waals surface area (Å²) >= 11 is 0. The molecule has 2 aliphatic rings. The smallest absolute Gasteiger partial charge is 0.417 e. The molecule has 2 aromatic rings. The molecular formula is C26H28F3NO7. The Morgan fingerprint density at radius 3 is 2.24 bits per heavy atom. The second kappa shape index (κ2) is 11.9. The van der Waals surface area contributed by atoms with E-state index >= 15 is 0 Å². The van der Waals surface area contributed by atoms with Crippen molar-refractivity contribution in [3.63, 3.8) is 0 Å². The Kier molecular flexibility index (Phi) is 8.67. The maximum absolute atomic E-state index is 13.4. The van der Waals surface area contributed by atoms with E-state index in [0.717, 1.165) is 28.7 Å². The monoisotopic (exact) mass is 523 g/mol. The van der Waals surface area contributed by atoms with E-state index in [1.165, 1.54) is 0 Å². The second-order valence-electron chi connectivity index (χ2n) is 8.86. The summed E-state index contributed by atoms with van der Waals surface area (Å²) in [5.74, 6) is -1.71. The second-order valence-corrected chi connectivity index (χ2v) is 8.86. The fourth-order valence-electron chi connectivity index (χ4n) is 4.46. The standard InChI is InChI=1S/C26H28F3NO7/c27-26(28,29)22(37-23-11-5-6-12-35-23)15-34-14-21(24(31)32)30-25(33)36-13-20-18-9-3-1-7-16(18)17-8-2-4-10-19(17)20/h1-4,7-10,20-23H,5-6,11-15H2,(H,30,33)(H,31,32)/t21-,22?,23?/m0/s1. The van der Waals surface area contributed by atoms with Gasteiger partial charge in [0.1, 0.15) is 6.61 Å². The third kappa shape index (κ3) is 6.79. The van der Waals surface area contributed by atoms with E-state index in [2.05, 4.69) is 5.32 Å². The highest BCUT2D eigenvalue weighted by Gasteiger charge is 2.43. The van der Waals surface area contributed by atoms with Gasteiger partial charge in [0.25, 0.3) is 0 Å². The van der Waals surface area contributed by atoms with Crippen molar-refractivity contribution in [2.45, 2.75) is 49.8 Å². The van der Waals surface area contributed by atoms with Crippen LogP contribution in [0.4, 0.5) is 18.0 Å². The van der Waals surface area contributed by atoms with Gasteiger partial charge in [-0.1, -0.05) is 48.5 Å². The van der Waals surface area contributed by atoms with E-state index in [-0.39, 0.29) is 12.5 Å². The van der Waals surface area contributed by atoms with Crippen molar-refractivity contribution in [2.24, 2.45) is 0 Å². The molecule has 2 N–H and O–H groups in total. The first-order chi connectivity index (χ1) is 17.7. The van der Waals surface area contributed by atoms with E-state index in [1.807, 2.05) is 48.5 Å². The van der Waals surface area contributed by atoms with Crippen molar-refractivity contribution in [3.05, 3.63) is 59.7 Å². The number of aliphatic carboxylic acids is 1. The molecule has 2 unspecified atom stereocenters. The summed E-state index contributed by atoms with van der Waals surface area (Å²) in [6.45, 7) is -1.39. The van der Waals surface area contributed by atoms with Crippen molar-refractivity contribution in [1.82, 2.24) is 5.32 Å². The molecule has 0 spiro atoms. The van der Waals surface area contributed by atoms with Gasteiger partial charge in [0.2, 0.25) is 0 Å². The van der Waals surface area contributed by atoms with Gasteiger partial charge in [-0.2, -0.15) is 13.2 Å². The number of fused-ring (bicyclic) bond motifs is 3. The molecule has 1 amide bonds. The van der Waals surface area contributed by atoms with E-state index < -0.39 is 49.9 Å². The van der Waals surface area contributed by atoms with Crippen LogP contribution < -0.4 is 5.32 Å². The molecule has 11 heteroatoms. The Balaban J connectivity index is 1.30. The Bertz CT molecular complexity index is 1040. The molecule has 1 fully saturated rings. The van der Waals surface area contributed by atoms with Crippen LogP contribution in [0.1, 0.15) is 36.3 Å². The third-order valence-corrected chi connectivity index (χ3v) is 6.31. The summed E-state index contributed by atoms with van der Waals surface area (Å²) in [7, 11) is 0. The number of ether oxygens (including phenoxy) is 4. The molecule has 1 saturated heterocycles. The predicted molar refractivity (Wildman–Crippen MR) is 125 cm³/mol. The number of hydrogen-bond donors (Lipinski definition) is 2. The molecule has 1 aliphatic heterocycles. The number of carbonyl (C=O) groups excluding carboxylic acids is 1. The molecule has 4 rings (SSSR count). The van der Waals surface area contributed by atoms with Gasteiger partial charge in [-0.25, -0.2) is 9.59 Å². The zero-order valence-corrected chi connectivity index (χ0v) is 19.9. The fourth-order valence-corrected chi connectivity index (χ4v) is 4.46. The molecule has 8 nitrogen and oxygen atoms in total. The molecule has 0 radical (unpaired) electrons. The summed E-state index contributed by atoms with van der Waals surface area (Å²) in [5, 5.41) is 11.6. The Labute approximate surface area is 211 Å². The van der Waals surface area contributed by atoms with Crippen molar-refractivity contribution >= 4 is 12.1 Å². The van der Waals surface area contributed by atoms with Crippen LogP contribution in [-0.4, -0.2) is 68.2 Å². The number of carboxylic acid groups (broad SMARTS) is 1. The minimum atomic E-state index is -4.74. The molecule has 0 aromatic heterocycles. The molecule has 37 heavy (non-hydrogen) atoms. The largest absolute Gasteiger partial charge is 0.480 e. The average Bonchev–Trinajstić information content (AvgIpc) is 3.20. The summed E-state index contributed by atoms with van der Waals surface area (Å²) < 4.78 is 60.6. The lowest BCUT2D eigenvalue weighted by Gasteiger charge is -2.29. The zero-order chi connectivity index (χ0) is 26.4. The summed E-state index contributed by atoms with van der Waals surface area (Å²) in [5.41, 5.74) is 4.03. The van der Waals surface area contributed by atoms with Crippen LogP contribution >= 0.6 is 0 Å². The number of benzene rings is 2. The summed E-state index contributed by atoms with van der Waals surface area (Å²) in [4.78, 5) is 24.0. The summed E-state index contributed by atoms with van der Waals surface area (Å²) in [6.07, 6.45) is -7.29. The Morgan fingerprint density at radius 2 is 1.68 bits per heavy atom. The van der Waals surface area contributed by atoms with Gasteiger partial charge in [0.15, 0.2) is 18.4 Å². The van der Waals surface area contributed by atoms with E-state index in [1.54, 1.807) is 0 Å². The van der Waals surface area contributed by atoms with E-state index in [9.17, 15) is 27.9 Å². The minimum absolute atomic E-state index is 0.0432. The minimum Gasteiger partial charge on any atom is -0.480 e. The van der Waals surface area contributed by atoms with Crippen LogP contribution in [0.2, 0.25) is 0 Å². The SMILES string of the molecule is O=C(N[C@@H](COCC(OC1CCCCO1)C(F)(F)F)C(=O)O)OCC1c2ccccc2-c2ccccc21. The molecule has 2 aromatic carbocycles. The number of hydrogen-bond acceptors (Lipinski definition) is 6. The van der Waals surface area contributed by atoms with Crippen molar-refractivity contribution in [2.75, 3.05) is 26.4 Å². The predicted octanol–water partition coefficient (Wildman–Crippen LogP) is 4.47. The molecule has 0 saturated carbocycles. The van der Waals surface area contributed by atoms with Crippen LogP contribution in [0, 0.1) is 0 Å². The van der Waals surface area contributed by atoms with Crippen LogP contribution in [0.15, 0.2) is 48.5 Å². The third-order valence-electron chi connectivity index (χ3n) is 6.31. The molecule has 3 atom stereocenters. The van der Waals surface area contributed by atoms with E-state index in [4.69, 9.17) is 18.9 Å². The highest BCUT2D eigenvalue weighted by atomic mass is 19.4. The maximum atomic E-state index is 13.4. The van der Waals surface area contributed by atoms with Gasteiger partial charge in [-0.05, 0) is 41.5 Å². The van der Waals surface area contributed by atoms with Gasteiger partial charge >= 0.3 is 18.2 Å². The molecule has 1 heterocycles. The first-order valence-corrected chi connectivity index (χ1v) is 12.0. The van der Waals surface area contributed by atoms with Gasteiger partial charge in [0, 0.05) is 12.5 Å². The number of nitrogens with one attached hydrogen (secondary N) is 1. The molecule has 0 bridgehead atoms. The topological polar surface area (TPSA) is 103 Å². The number of alkyl halides is 3. The average molecular weight is 524 g/mol. The first-order valence-electron chi connectivity index (χ1n) is 12.0. The summed E-state index contributed by atoms with van der Waals surface area (Å²) in [6, 6.07) is 13.8. The van der Waals surface area contributed by atoms with Crippen LogP contribution in [-0.2, 0) is 23.7 Å². The number of halogens is 3. The zero-order valence-electron chi connectivity index (χ0n) is 19.9. The van der Waals surface area contributed by atoms with Crippen molar-refractivity contribution < 1.29 is 46.8 Å². The highest BCUT2D eigenvalue weighted by molar-refractivity contribution is 5.81. The molecule has 1 aliphatic carbocycles. The lowest BCUT2D eigenvalue weighted by molar-refractivity contribution is -0.287. The van der Waals surface area contributed by atoms with Crippen LogP contribution in [0.25, 0.3) is 11.1 Å². The van der Waals surface area contributed by atoms with Gasteiger partial charge < -0.3 is 29.4 Å². The lowest BCUT2D eigenvalue weighted by atomic mass is 9.98. The van der Waals surface area contributed by atoms with Gasteiger partial charge in [0.05, 0.1) is 13.2 Å². The van der Waals surface area contributed by atoms with Crippen LogP contribution in [0.3, 0.4) is 0 Å². The number of alkyl carbamates (subject to hydrolysis) is 1. The normalized spacial score (nSPS) is 18.9. The van der Waals surface area contributed by atoms with Crippen LogP contribution in [0.5, 0.6) is 0 Å².